The number of benzene rings is 1. The lowest BCUT2D eigenvalue weighted by molar-refractivity contribution is -0.114. The number of carbonyl (C=O) groups is 1. The number of anilines is 1. The van der Waals surface area contributed by atoms with E-state index in [-0.39, 0.29) is 11.4 Å². The Morgan fingerprint density at radius 1 is 1.43 bits per heavy atom. The molecule has 2 aromatic rings. The van der Waals surface area contributed by atoms with Crippen LogP contribution in [0.25, 0.3) is 0 Å². The molecule has 1 amide bonds. The molecule has 0 fully saturated rings. The number of hydrogen-bond donors (Lipinski definition) is 3. The van der Waals surface area contributed by atoms with Crippen LogP contribution < -0.4 is 26.3 Å². The molecule has 0 saturated carbocycles. The number of nitriles is 1. The van der Waals surface area contributed by atoms with Crippen molar-refractivity contribution in [1.82, 2.24) is 4.98 Å². The van der Waals surface area contributed by atoms with Gasteiger partial charge in [0.1, 0.15) is 11.6 Å². The summed E-state index contributed by atoms with van der Waals surface area (Å²) in [7, 11) is 1.50. The third kappa shape index (κ3) is 3.07. The van der Waals surface area contributed by atoms with Crippen LogP contribution in [0.5, 0.6) is 11.6 Å². The molecule has 8 nitrogen and oxygen atoms in total. The molecule has 0 unspecified atom stereocenters. The quantitative estimate of drug-likeness (QED) is 0.721. The third-order valence-corrected chi connectivity index (χ3v) is 4.62. The van der Waals surface area contributed by atoms with Gasteiger partial charge in [0.15, 0.2) is 0 Å². The largest absolute Gasteiger partial charge is 0.496 e. The summed E-state index contributed by atoms with van der Waals surface area (Å²) in [5, 5.41) is 12.3. The molecular formula is C20H21N5O3. The Kier molecular flexibility index (Phi) is 5.09. The molecule has 3 rings (SSSR count). The smallest absolute Gasteiger partial charge is 0.249 e. The van der Waals surface area contributed by atoms with Crippen LogP contribution in [0, 0.1) is 18.3 Å². The van der Waals surface area contributed by atoms with Gasteiger partial charge >= 0.3 is 0 Å². The fourth-order valence-electron chi connectivity index (χ4n) is 3.40. The van der Waals surface area contributed by atoms with Gasteiger partial charge in [0.05, 0.1) is 48.1 Å². The Morgan fingerprint density at radius 2 is 2.18 bits per heavy atom. The molecule has 0 aliphatic carbocycles. The van der Waals surface area contributed by atoms with Crippen LogP contribution in [0.15, 0.2) is 35.8 Å². The highest BCUT2D eigenvalue weighted by molar-refractivity contribution is 5.98. The number of nitrogens with one attached hydrogen (secondary N) is 1. The average Bonchev–Trinajstić information content (AvgIpc) is 2.68. The summed E-state index contributed by atoms with van der Waals surface area (Å²) in [6.45, 7) is 4.12. The third-order valence-electron chi connectivity index (χ3n) is 4.62. The Labute approximate surface area is 162 Å². The molecule has 1 aliphatic rings. The molecule has 5 N–H and O–H groups in total. The molecule has 1 atom stereocenters. The number of ether oxygens (including phenoxy) is 2. The maximum atomic E-state index is 12.3. The molecular weight excluding hydrogens is 358 g/mol. The summed E-state index contributed by atoms with van der Waals surface area (Å²) in [6.07, 6.45) is 1.67. The fraction of sp³-hybridized carbons (Fsp3) is 0.250. The Balaban J connectivity index is 2.37. The van der Waals surface area contributed by atoms with Gasteiger partial charge in [-0.05, 0) is 31.5 Å². The molecule has 1 aromatic heterocycles. The number of primary amides is 1. The number of hydrogen-bond acceptors (Lipinski definition) is 7. The number of amides is 1. The molecule has 2 heterocycles. The highest BCUT2D eigenvalue weighted by atomic mass is 16.5. The monoisotopic (exact) mass is 379 g/mol. The van der Waals surface area contributed by atoms with Gasteiger partial charge < -0.3 is 26.3 Å². The minimum Gasteiger partial charge on any atom is -0.496 e. The maximum Gasteiger partial charge on any atom is 0.249 e. The lowest BCUT2D eigenvalue weighted by Gasteiger charge is -2.32. The zero-order chi connectivity index (χ0) is 20.4. The summed E-state index contributed by atoms with van der Waals surface area (Å²) in [4.78, 5) is 16.7. The van der Waals surface area contributed by atoms with E-state index >= 15 is 0 Å². The van der Waals surface area contributed by atoms with Gasteiger partial charge in [-0.3, -0.25) is 4.79 Å². The van der Waals surface area contributed by atoms with Crippen LogP contribution in [0.1, 0.15) is 35.1 Å². The minimum atomic E-state index is -0.670. The van der Waals surface area contributed by atoms with E-state index in [2.05, 4.69) is 16.4 Å². The summed E-state index contributed by atoms with van der Waals surface area (Å²) in [5.74, 6) is -0.361. The number of aromatic nitrogens is 1. The van der Waals surface area contributed by atoms with E-state index in [1.165, 1.54) is 7.11 Å². The van der Waals surface area contributed by atoms with Gasteiger partial charge in [-0.1, -0.05) is 6.07 Å². The van der Waals surface area contributed by atoms with Gasteiger partial charge in [-0.15, -0.1) is 0 Å². The number of aryl methyl sites for hydroxylation is 1. The zero-order valence-corrected chi connectivity index (χ0v) is 15.9. The van der Waals surface area contributed by atoms with Crippen LogP contribution in [0.4, 0.5) is 5.69 Å². The van der Waals surface area contributed by atoms with Crippen molar-refractivity contribution in [2.24, 2.45) is 11.5 Å². The van der Waals surface area contributed by atoms with Crippen LogP contribution >= 0.6 is 0 Å². The fourth-order valence-corrected chi connectivity index (χ4v) is 3.40. The van der Waals surface area contributed by atoms with E-state index in [9.17, 15) is 10.1 Å². The molecule has 1 aromatic carbocycles. The molecule has 1 aliphatic heterocycles. The van der Waals surface area contributed by atoms with E-state index < -0.39 is 11.8 Å². The normalized spacial score (nSPS) is 15.3. The van der Waals surface area contributed by atoms with Crippen molar-refractivity contribution in [3.05, 3.63) is 58.0 Å². The predicted octanol–water partition coefficient (Wildman–Crippen LogP) is 1.88. The van der Waals surface area contributed by atoms with Crippen molar-refractivity contribution in [3.8, 4) is 17.7 Å². The molecule has 8 heteroatoms. The number of nitrogens with two attached hydrogens (primary N) is 2. The van der Waals surface area contributed by atoms with Crippen molar-refractivity contribution in [2.75, 3.05) is 19.0 Å². The van der Waals surface area contributed by atoms with Crippen molar-refractivity contribution in [2.45, 2.75) is 19.8 Å². The second kappa shape index (κ2) is 7.48. The predicted molar refractivity (Wildman–Crippen MR) is 104 cm³/mol. The number of methoxy groups -OCH3 is 1. The van der Waals surface area contributed by atoms with E-state index in [0.29, 0.717) is 40.6 Å². The van der Waals surface area contributed by atoms with Crippen LogP contribution in [0.3, 0.4) is 0 Å². The lowest BCUT2D eigenvalue weighted by Crippen LogP contribution is -2.32. The SMILES string of the molecule is CCOc1ncc(C)c2c1[C@H](c1ccc(C#N)cc1OC)C(C(N)=O)=C(N)N2. The Hall–Kier alpha value is -3.73. The molecule has 0 radical (unpaired) electrons. The first-order valence-electron chi connectivity index (χ1n) is 8.69. The lowest BCUT2D eigenvalue weighted by atomic mass is 9.80. The topological polar surface area (TPSA) is 136 Å². The summed E-state index contributed by atoms with van der Waals surface area (Å²) >= 11 is 0. The number of carbonyl (C=O) groups excluding carboxylic acids is 1. The standard InChI is InChI=1S/C20H21N5O3/c1-4-28-20-15-14(12-6-5-11(8-21)7-13(12)27-3)16(19(23)26)18(22)25-17(15)10(2)9-24-20/h5-7,9,14,25H,4,22H2,1-3H3,(H2,23,26)/t14-/m0/s1. The van der Waals surface area contributed by atoms with Crippen LogP contribution in [0.2, 0.25) is 0 Å². The summed E-state index contributed by atoms with van der Waals surface area (Å²) in [6, 6.07) is 7.06. The zero-order valence-electron chi connectivity index (χ0n) is 15.9. The van der Waals surface area contributed by atoms with Gasteiger partial charge in [0, 0.05) is 11.8 Å². The molecule has 144 valence electrons. The highest BCUT2D eigenvalue weighted by Gasteiger charge is 2.37. The van der Waals surface area contributed by atoms with Gasteiger partial charge in [-0.25, -0.2) is 4.98 Å². The Morgan fingerprint density at radius 3 is 2.79 bits per heavy atom. The van der Waals surface area contributed by atoms with Crippen LogP contribution in [-0.4, -0.2) is 24.6 Å². The molecule has 0 spiro atoms. The van der Waals surface area contributed by atoms with Crippen molar-refractivity contribution in [3.63, 3.8) is 0 Å². The first-order valence-corrected chi connectivity index (χ1v) is 8.69. The second-order valence-electron chi connectivity index (χ2n) is 6.29. The molecule has 28 heavy (non-hydrogen) atoms. The second-order valence-corrected chi connectivity index (χ2v) is 6.29. The minimum absolute atomic E-state index is 0.160. The van der Waals surface area contributed by atoms with Crippen molar-refractivity contribution < 1.29 is 14.3 Å². The molecule has 0 saturated heterocycles. The number of rotatable bonds is 5. The van der Waals surface area contributed by atoms with Crippen molar-refractivity contribution >= 4 is 11.6 Å². The van der Waals surface area contributed by atoms with E-state index in [1.54, 1.807) is 24.4 Å². The van der Waals surface area contributed by atoms with E-state index in [1.807, 2.05) is 13.8 Å². The van der Waals surface area contributed by atoms with Gasteiger partial charge in [-0.2, -0.15) is 5.26 Å². The van der Waals surface area contributed by atoms with E-state index in [4.69, 9.17) is 20.9 Å². The average molecular weight is 379 g/mol. The summed E-state index contributed by atoms with van der Waals surface area (Å²) in [5.41, 5.74) is 15.3. The number of nitrogens with zero attached hydrogens (tertiary/aromatic N) is 2. The van der Waals surface area contributed by atoms with Crippen LogP contribution in [-0.2, 0) is 4.79 Å². The number of pyridine rings is 1. The first kappa shape index (κ1) is 19.0. The molecule has 0 bridgehead atoms. The van der Waals surface area contributed by atoms with Gasteiger partial charge in [0.25, 0.3) is 0 Å². The summed E-state index contributed by atoms with van der Waals surface area (Å²) < 4.78 is 11.2. The first-order chi connectivity index (χ1) is 13.4. The maximum absolute atomic E-state index is 12.3. The number of fused-ring (bicyclic) bond motifs is 1. The van der Waals surface area contributed by atoms with Gasteiger partial charge in [0.2, 0.25) is 11.8 Å². The Bertz CT molecular complexity index is 1020. The van der Waals surface area contributed by atoms with E-state index in [0.717, 1.165) is 5.56 Å². The van der Waals surface area contributed by atoms with Crippen molar-refractivity contribution in [1.29, 1.82) is 5.26 Å². The highest BCUT2D eigenvalue weighted by Crippen LogP contribution is 2.48.